The molecule has 1 aliphatic heterocycles. The van der Waals surface area contributed by atoms with Gasteiger partial charge in [0.25, 0.3) is 5.91 Å². The highest BCUT2D eigenvalue weighted by Crippen LogP contribution is 2.27. The number of ketones is 1. The number of Topliss-reactive ketones (excluding diaryl/α,β-unsaturated/α-hetero) is 1. The number of halogens is 2. The molecule has 0 aliphatic carbocycles. The molecule has 0 saturated heterocycles. The standard InChI is InChI=1S/C11H9F2NO2/c12-10(13)11(16)14-6-5-9(15)7-3-1-2-4-8(7)14/h1-4,10H,5-6H2. The van der Waals surface area contributed by atoms with Gasteiger partial charge in [0.15, 0.2) is 5.78 Å². The number of hydrogen-bond acceptors (Lipinski definition) is 2. The molecule has 0 aromatic heterocycles. The minimum Gasteiger partial charge on any atom is -0.306 e. The fraction of sp³-hybridized carbons (Fsp3) is 0.273. The fourth-order valence-electron chi connectivity index (χ4n) is 1.76. The molecule has 1 aliphatic rings. The summed E-state index contributed by atoms with van der Waals surface area (Å²) in [4.78, 5) is 23.7. The van der Waals surface area contributed by atoms with E-state index in [1.54, 1.807) is 18.2 Å². The Balaban J connectivity index is 2.42. The molecule has 1 aromatic carbocycles. The van der Waals surface area contributed by atoms with Crippen LogP contribution in [0.25, 0.3) is 0 Å². The third-order valence-electron chi connectivity index (χ3n) is 2.51. The van der Waals surface area contributed by atoms with E-state index in [4.69, 9.17) is 0 Å². The molecule has 1 aromatic rings. The van der Waals surface area contributed by atoms with Crippen LogP contribution in [0.15, 0.2) is 24.3 Å². The quantitative estimate of drug-likeness (QED) is 0.731. The molecule has 0 radical (unpaired) electrons. The highest BCUT2D eigenvalue weighted by Gasteiger charge is 2.31. The van der Waals surface area contributed by atoms with Crippen molar-refractivity contribution >= 4 is 17.4 Å². The third kappa shape index (κ3) is 1.68. The number of fused-ring (bicyclic) bond motifs is 1. The SMILES string of the molecule is O=C1CCN(C(=O)C(F)F)c2ccccc21. The molecule has 0 bridgehead atoms. The Morgan fingerprint density at radius 3 is 2.69 bits per heavy atom. The van der Waals surface area contributed by atoms with Crippen molar-refractivity contribution in [2.24, 2.45) is 0 Å². The molecule has 84 valence electrons. The van der Waals surface area contributed by atoms with Crippen LogP contribution in [0.1, 0.15) is 16.8 Å². The van der Waals surface area contributed by atoms with Crippen LogP contribution in [0, 0.1) is 0 Å². The molecule has 2 rings (SSSR count). The summed E-state index contributed by atoms with van der Waals surface area (Å²) < 4.78 is 24.7. The lowest BCUT2D eigenvalue weighted by Gasteiger charge is -2.28. The van der Waals surface area contributed by atoms with E-state index in [1.165, 1.54) is 6.07 Å². The first-order valence-electron chi connectivity index (χ1n) is 4.83. The van der Waals surface area contributed by atoms with Crippen LogP contribution in [-0.2, 0) is 4.79 Å². The Labute approximate surface area is 90.7 Å². The van der Waals surface area contributed by atoms with Gasteiger partial charge in [-0.15, -0.1) is 0 Å². The van der Waals surface area contributed by atoms with E-state index >= 15 is 0 Å². The average Bonchev–Trinajstić information content (AvgIpc) is 2.29. The predicted molar refractivity (Wildman–Crippen MR) is 53.7 cm³/mol. The first kappa shape index (κ1) is 10.7. The lowest BCUT2D eigenvalue weighted by Crippen LogP contribution is -2.40. The molecule has 16 heavy (non-hydrogen) atoms. The van der Waals surface area contributed by atoms with Crippen molar-refractivity contribution in [2.75, 3.05) is 11.4 Å². The van der Waals surface area contributed by atoms with Crippen LogP contribution in [0.5, 0.6) is 0 Å². The number of carbonyl (C=O) groups is 2. The topological polar surface area (TPSA) is 37.4 Å². The van der Waals surface area contributed by atoms with Crippen LogP contribution in [0.2, 0.25) is 0 Å². The van der Waals surface area contributed by atoms with Crippen molar-refractivity contribution in [1.82, 2.24) is 0 Å². The van der Waals surface area contributed by atoms with E-state index in [9.17, 15) is 18.4 Å². The van der Waals surface area contributed by atoms with Gasteiger partial charge in [0.2, 0.25) is 0 Å². The van der Waals surface area contributed by atoms with Gasteiger partial charge in [-0.3, -0.25) is 9.59 Å². The van der Waals surface area contributed by atoms with Gasteiger partial charge < -0.3 is 4.90 Å². The van der Waals surface area contributed by atoms with Crippen molar-refractivity contribution in [3.05, 3.63) is 29.8 Å². The van der Waals surface area contributed by atoms with Gasteiger partial charge in [0.05, 0.1) is 5.69 Å². The van der Waals surface area contributed by atoms with E-state index in [-0.39, 0.29) is 24.4 Å². The molecule has 0 spiro atoms. The number of anilines is 1. The highest BCUT2D eigenvalue weighted by molar-refractivity contribution is 6.09. The smallest absolute Gasteiger partial charge is 0.306 e. The van der Waals surface area contributed by atoms with Crippen molar-refractivity contribution in [3.63, 3.8) is 0 Å². The van der Waals surface area contributed by atoms with Crippen LogP contribution in [-0.4, -0.2) is 24.7 Å². The normalized spacial score (nSPS) is 15.2. The Morgan fingerprint density at radius 2 is 2.00 bits per heavy atom. The fourth-order valence-corrected chi connectivity index (χ4v) is 1.76. The lowest BCUT2D eigenvalue weighted by atomic mass is 10.0. The summed E-state index contributed by atoms with van der Waals surface area (Å²) in [5.74, 6) is -1.37. The second-order valence-corrected chi connectivity index (χ2v) is 3.48. The van der Waals surface area contributed by atoms with Gasteiger partial charge >= 0.3 is 6.43 Å². The number of para-hydroxylation sites is 1. The zero-order valence-corrected chi connectivity index (χ0v) is 8.32. The number of nitrogens with zero attached hydrogens (tertiary/aromatic N) is 1. The van der Waals surface area contributed by atoms with E-state index in [1.807, 2.05) is 0 Å². The number of benzene rings is 1. The molecule has 0 saturated carbocycles. The van der Waals surface area contributed by atoms with Crippen LogP contribution in [0.4, 0.5) is 14.5 Å². The van der Waals surface area contributed by atoms with Crippen LogP contribution < -0.4 is 4.90 Å². The average molecular weight is 225 g/mol. The minimum absolute atomic E-state index is 0.0268. The molecular weight excluding hydrogens is 216 g/mol. The Hall–Kier alpha value is -1.78. The lowest BCUT2D eigenvalue weighted by molar-refractivity contribution is -0.129. The maximum absolute atomic E-state index is 12.3. The summed E-state index contributed by atoms with van der Waals surface area (Å²) in [5.41, 5.74) is 0.617. The second-order valence-electron chi connectivity index (χ2n) is 3.48. The van der Waals surface area contributed by atoms with E-state index in [0.29, 0.717) is 5.56 Å². The minimum atomic E-state index is -3.04. The van der Waals surface area contributed by atoms with E-state index < -0.39 is 12.3 Å². The number of hydrogen-bond donors (Lipinski definition) is 0. The summed E-state index contributed by atoms with van der Waals surface area (Å²) in [7, 11) is 0. The van der Waals surface area contributed by atoms with E-state index in [0.717, 1.165) is 4.90 Å². The first-order chi connectivity index (χ1) is 7.61. The van der Waals surface area contributed by atoms with Gasteiger partial charge in [0.1, 0.15) is 0 Å². The zero-order chi connectivity index (χ0) is 11.7. The molecule has 1 amide bonds. The first-order valence-corrected chi connectivity index (χ1v) is 4.83. The molecule has 0 unspecified atom stereocenters. The molecule has 0 atom stereocenters. The molecule has 0 fully saturated rings. The third-order valence-corrected chi connectivity index (χ3v) is 2.51. The Kier molecular flexibility index (Phi) is 2.68. The van der Waals surface area contributed by atoms with Crippen molar-refractivity contribution in [2.45, 2.75) is 12.8 Å². The van der Waals surface area contributed by atoms with Gasteiger partial charge in [-0.05, 0) is 12.1 Å². The maximum Gasteiger partial charge on any atom is 0.316 e. The van der Waals surface area contributed by atoms with Gasteiger partial charge in [-0.2, -0.15) is 8.78 Å². The number of amides is 1. The largest absolute Gasteiger partial charge is 0.316 e. The summed E-state index contributed by atoms with van der Waals surface area (Å²) in [6.45, 7) is 0.0268. The van der Waals surface area contributed by atoms with Crippen molar-refractivity contribution in [3.8, 4) is 0 Å². The number of carbonyl (C=O) groups excluding carboxylic acids is 2. The van der Waals surface area contributed by atoms with E-state index in [2.05, 4.69) is 0 Å². The molecule has 0 N–H and O–H groups in total. The van der Waals surface area contributed by atoms with Gasteiger partial charge in [-0.25, -0.2) is 0 Å². The predicted octanol–water partition coefficient (Wildman–Crippen LogP) is 1.87. The summed E-state index contributed by atoms with van der Waals surface area (Å²) in [6, 6.07) is 6.31. The molecule has 1 heterocycles. The highest BCUT2D eigenvalue weighted by atomic mass is 19.3. The number of rotatable bonds is 1. The Morgan fingerprint density at radius 1 is 1.31 bits per heavy atom. The second kappa shape index (κ2) is 4.00. The monoisotopic (exact) mass is 225 g/mol. The molecular formula is C11H9F2NO2. The Bertz CT molecular complexity index is 445. The van der Waals surface area contributed by atoms with Gasteiger partial charge in [0, 0.05) is 18.5 Å². The summed E-state index contributed by atoms with van der Waals surface area (Å²) in [6.07, 6.45) is -2.95. The maximum atomic E-state index is 12.3. The van der Waals surface area contributed by atoms with Crippen molar-refractivity contribution < 1.29 is 18.4 Å². The molecule has 3 nitrogen and oxygen atoms in total. The summed E-state index contributed by atoms with van der Waals surface area (Å²) in [5, 5.41) is 0. The molecule has 5 heteroatoms. The van der Waals surface area contributed by atoms with Crippen molar-refractivity contribution in [1.29, 1.82) is 0 Å². The summed E-state index contributed by atoms with van der Waals surface area (Å²) >= 11 is 0. The number of alkyl halides is 2. The van der Waals surface area contributed by atoms with Crippen LogP contribution in [0.3, 0.4) is 0 Å². The van der Waals surface area contributed by atoms with Gasteiger partial charge in [-0.1, -0.05) is 12.1 Å². The van der Waals surface area contributed by atoms with Crippen LogP contribution >= 0.6 is 0 Å². The zero-order valence-electron chi connectivity index (χ0n) is 8.32.